The molecule has 7 aromatic carbocycles. The third-order valence-corrected chi connectivity index (χ3v) is 10.2. The van der Waals surface area contributed by atoms with Gasteiger partial charge in [0.05, 0.1) is 22.1 Å². The van der Waals surface area contributed by atoms with Crippen LogP contribution in [-0.2, 0) is 0 Å². The Bertz CT molecular complexity index is 2770. The standard InChI is InChI=1S/C48H32N4O3/c53-48(54)43-31-38(29-30-49-43)55-37-27-25-34(26-28-37)50(32-17-21-35(22-18-32)51-44-13-5-1-9-39(44)40-10-2-6-14-45(40)51)33-19-23-36(24-20-33)52-46-15-7-3-11-41(46)42-12-4-8-16-47(42)52/h1-31H,(H,53,54). The second-order valence-corrected chi connectivity index (χ2v) is 13.4. The monoisotopic (exact) mass is 712 g/mol. The molecule has 3 aromatic heterocycles. The highest BCUT2D eigenvalue weighted by Crippen LogP contribution is 2.39. The van der Waals surface area contributed by atoms with Crippen LogP contribution in [0.3, 0.4) is 0 Å². The van der Waals surface area contributed by atoms with Crippen molar-refractivity contribution in [3.05, 3.63) is 194 Å². The van der Waals surface area contributed by atoms with E-state index in [1.807, 2.05) is 24.3 Å². The number of carbonyl (C=O) groups is 1. The van der Waals surface area contributed by atoms with Crippen LogP contribution in [0.15, 0.2) is 188 Å². The molecule has 10 aromatic rings. The first-order valence-electron chi connectivity index (χ1n) is 18.1. The van der Waals surface area contributed by atoms with Crippen molar-refractivity contribution >= 4 is 66.6 Å². The number of aromatic nitrogens is 3. The molecule has 0 aliphatic heterocycles. The van der Waals surface area contributed by atoms with Crippen LogP contribution in [-0.4, -0.2) is 25.2 Å². The van der Waals surface area contributed by atoms with Crippen molar-refractivity contribution in [2.24, 2.45) is 0 Å². The molecule has 0 radical (unpaired) electrons. The number of pyridine rings is 1. The highest BCUT2D eigenvalue weighted by atomic mass is 16.5. The van der Waals surface area contributed by atoms with E-state index in [9.17, 15) is 9.90 Å². The van der Waals surface area contributed by atoms with Crippen LogP contribution in [0.2, 0.25) is 0 Å². The summed E-state index contributed by atoms with van der Waals surface area (Å²) in [6.07, 6.45) is 1.43. The molecule has 0 fully saturated rings. The highest BCUT2D eigenvalue weighted by Gasteiger charge is 2.17. The van der Waals surface area contributed by atoms with Crippen LogP contribution in [0.25, 0.3) is 55.0 Å². The Kier molecular flexibility index (Phi) is 7.63. The second kappa shape index (κ2) is 13.1. The van der Waals surface area contributed by atoms with Crippen molar-refractivity contribution < 1.29 is 14.6 Å². The van der Waals surface area contributed by atoms with Gasteiger partial charge in [0.15, 0.2) is 5.69 Å². The van der Waals surface area contributed by atoms with E-state index < -0.39 is 5.97 Å². The molecule has 0 saturated carbocycles. The number of fused-ring (bicyclic) bond motifs is 6. The maximum absolute atomic E-state index is 11.5. The fourth-order valence-corrected chi connectivity index (χ4v) is 7.74. The number of hydrogen-bond acceptors (Lipinski definition) is 4. The normalized spacial score (nSPS) is 11.4. The average molecular weight is 713 g/mol. The lowest BCUT2D eigenvalue weighted by molar-refractivity contribution is 0.0690. The van der Waals surface area contributed by atoms with Gasteiger partial charge in [-0.25, -0.2) is 9.78 Å². The molecule has 55 heavy (non-hydrogen) atoms. The summed E-state index contributed by atoms with van der Waals surface area (Å²) in [5, 5.41) is 14.3. The lowest BCUT2D eigenvalue weighted by Crippen LogP contribution is -2.10. The van der Waals surface area contributed by atoms with Gasteiger partial charge in [0.2, 0.25) is 0 Å². The number of para-hydroxylation sites is 4. The summed E-state index contributed by atoms with van der Waals surface area (Å²) in [6.45, 7) is 0. The Morgan fingerprint density at radius 1 is 0.473 bits per heavy atom. The molecule has 1 N–H and O–H groups in total. The first-order valence-corrected chi connectivity index (χ1v) is 18.1. The van der Waals surface area contributed by atoms with Gasteiger partial charge < -0.3 is 23.9 Å². The fraction of sp³-hybridized carbons (Fsp3) is 0. The van der Waals surface area contributed by atoms with Crippen LogP contribution in [0.5, 0.6) is 11.5 Å². The quantitative estimate of drug-likeness (QED) is 0.170. The molecule has 0 aliphatic carbocycles. The van der Waals surface area contributed by atoms with E-state index in [0.29, 0.717) is 11.5 Å². The zero-order valence-electron chi connectivity index (χ0n) is 29.5. The van der Waals surface area contributed by atoms with E-state index in [1.54, 1.807) is 6.07 Å². The summed E-state index contributed by atoms with van der Waals surface area (Å²) in [5.74, 6) is -0.127. The van der Waals surface area contributed by atoms with E-state index >= 15 is 0 Å². The molecule has 0 amide bonds. The molecule has 262 valence electrons. The summed E-state index contributed by atoms with van der Waals surface area (Å²) in [5.41, 5.74) is 9.63. The first kappa shape index (κ1) is 32.0. The molecular weight excluding hydrogens is 681 g/mol. The fourth-order valence-electron chi connectivity index (χ4n) is 7.74. The van der Waals surface area contributed by atoms with Gasteiger partial charge in [0, 0.05) is 62.2 Å². The van der Waals surface area contributed by atoms with E-state index in [1.165, 1.54) is 33.8 Å². The zero-order chi connectivity index (χ0) is 36.9. The van der Waals surface area contributed by atoms with Crippen LogP contribution < -0.4 is 9.64 Å². The molecule has 0 unspecified atom stereocenters. The molecule has 0 saturated heterocycles. The lowest BCUT2D eigenvalue weighted by atomic mass is 10.1. The number of aromatic carboxylic acids is 1. The molecule has 3 heterocycles. The predicted molar refractivity (Wildman–Crippen MR) is 221 cm³/mol. The van der Waals surface area contributed by atoms with E-state index in [0.717, 1.165) is 50.5 Å². The van der Waals surface area contributed by atoms with E-state index in [2.05, 4.69) is 165 Å². The summed E-state index contributed by atoms with van der Waals surface area (Å²) < 4.78 is 10.7. The van der Waals surface area contributed by atoms with Crippen molar-refractivity contribution in [3.63, 3.8) is 0 Å². The second-order valence-electron chi connectivity index (χ2n) is 13.4. The van der Waals surface area contributed by atoms with Gasteiger partial charge in [-0.2, -0.15) is 0 Å². The largest absolute Gasteiger partial charge is 0.477 e. The predicted octanol–water partition coefficient (Wildman–Crippen LogP) is 12.2. The van der Waals surface area contributed by atoms with Crippen molar-refractivity contribution in [2.75, 3.05) is 4.90 Å². The van der Waals surface area contributed by atoms with Crippen molar-refractivity contribution in [2.45, 2.75) is 0 Å². The third-order valence-electron chi connectivity index (χ3n) is 10.2. The highest BCUT2D eigenvalue weighted by molar-refractivity contribution is 6.10. The van der Waals surface area contributed by atoms with E-state index in [-0.39, 0.29) is 5.69 Å². The molecular formula is C48H32N4O3. The maximum atomic E-state index is 11.5. The van der Waals surface area contributed by atoms with Gasteiger partial charge in [-0.05, 0) is 103 Å². The molecule has 0 atom stereocenters. The number of carboxylic acid groups (broad SMARTS) is 1. The number of rotatable bonds is 8. The van der Waals surface area contributed by atoms with E-state index in [4.69, 9.17) is 4.74 Å². The minimum atomic E-state index is -1.11. The Morgan fingerprint density at radius 3 is 1.25 bits per heavy atom. The average Bonchev–Trinajstić information content (AvgIpc) is 3.75. The third kappa shape index (κ3) is 5.54. The van der Waals surface area contributed by atoms with Gasteiger partial charge in [-0.3, -0.25) is 0 Å². The Labute approximate surface area is 316 Å². The smallest absolute Gasteiger partial charge is 0.354 e. The van der Waals surface area contributed by atoms with Crippen LogP contribution in [0.1, 0.15) is 10.5 Å². The number of carboxylic acids is 1. The van der Waals surface area contributed by atoms with Gasteiger partial charge in [0.1, 0.15) is 11.5 Å². The lowest BCUT2D eigenvalue weighted by Gasteiger charge is -2.26. The van der Waals surface area contributed by atoms with Gasteiger partial charge in [0.25, 0.3) is 0 Å². The van der Waals surface area contributed by atoms with Crippen LogP contribution in [0.4, 0.5) is 17.1 Å². The van der Waals surface area contributed by atoms with Gasteiger partial charge in [-0.1, -0.05) is 72.8 Å². The van der Waals surface area contributed by atoms with Crippen molar-refractivity contribution in [1.29, 1.82) is 0 Å². The molecule has 7 nitrogen and oxygen atoms in total. The Morgan fingerprint density at radius 2 is 0.855 bits per heavy atom. The number of anilines is 3. The maximum Gasteiger partial charge on any atom is 0.354 e. The Hall–Kier alpha value is -7.64. The number of ether oxygens (including phenoxy) is 1. The zero-order valence-corrected chi connectivity index (χ0v) is 29.5. The number of nitrogens with zero attached hydrogens (tertiary/aromatic N) is 4. The summed E-state index contributed by atoms with van der Waals surface area (Å²) in [4.78, 5) is 17.6. The number of hydrogen-bond donors (Lipinski definition) is 1. The minimum absolute atomic E-state index is 0.0750. The van der Waals surface area contributed by atoms with Crippen LogP contribution >= 0.6 is 0 Å². The molecule has 0 aliphatic rings. The van der Waals surface area contributed by atoms with Crippen molar-refractivity contribution in [1.82, 2.24) is 14.1 Å². The molecule has 7 heteroatoms. The minimum Gasteiger partial charge on any atom is -0.477 e. The summed E-state index contributed by atoms with van der Waals surface area (Å²) >= 11 is 0. The molecule has 10 rings (SSSR count). The summed E-state index contributed by atoms with van der Waals surface area (Å²) in [6, 6.07) is 62.3. The molecule has 0 spiro atoms. The topological polar surface area (TPSA) is 72.5 Å². The SMILES string of the molecule is O=C(O)c1cc(Oc2ccc(N(c3ccc(-n4c5ccccc5c5ccccc54)cc3)c3ccc(-n4c5ccccc5c5ccccc54)cc3)cc2)ccn1. The Balaban J connectivity index is 1.06. The molecule has 0 bridgehead atoms. The first-order chi connectivity index (χ1) is 27.1. The van der Waals surface area contributed by atoms with Crippen molar-refractivity contribution in [3.8, 4) is 22.9 Å². The van der Waals surface area contributed by atoms with Gasteiger partial charge >= 0.3 is 5.97 Å². The number of benzene rings is 7. The summed E-state index contributed by atoms with van der Waals surface area (Å²) in [7, 11) is 0. The van der Waals surface area contributed by atoms with Gasteiger partial charge in [-0.15, -0.1) is 0 Å². The van der Waals surface area contributed by atoms with Crippen LogP contribution in [0, 0.1) is 0 Å².